The third-order valence-corrected chi connectivity index (χ3v) is 5.55. The molecular formula is C20H18N6O2S. The van der Waals surface area contributed by atoms with E-state index in [0.717, 1.165) is 40.7 Å². The molecule has 4 aromatic rings. The van der Waals surface area contributed by atoms with Crippen molar-refractivity contribution in [2.75, 3.05) is 7.11 Å². The van der Waals surface area contributed by atoms with E-state index in [-0.39, 0.29) is 0 Å². The molecule has 3 heterocycles. The van der Waals surface area contributed by atoms with Gasteiger partial charge in [-0.05, 0) is 49.2 Å². The van der Waals surface area contributed by atoms with Crippen LogP contribution < -0.4 is 4.74 Å². The van der Waals surface area contributed by atoms with E-state index in [2.05, 4.69) is 29.9 Å². The van der Waals surface area contributed by atoms with E-state index in [1.807, 2.05) is 42.6 Å². The van der Waals surface area contributed by atoms with Gasteiger partial charge in [0.1, 0.15) is 5.75 Å². The maximum Gasteiger partial charge on any atom is 0.247 e. The Bertz CT molecular complexity index is 1110. The molecule has 0 atom stereocenters. The van der Waals surface area contributed by atoms with Gasteiger partial charge in [-0.15, -0.1) is 20.4 Å². The summed E-state index contributed by atoms with van der Waals surface area (Å²) in [6, 6.07) is 11.9. The van der Waals surface area contributed by atoms with Crippen LogP contribution in [0.3, 0.4) is 0 Å². The number of aromatic nitrogens is 6. The summed E-state index contributed by atoms with van der Waals surface area (Å²) in [6.07, 6.45) is 5.85. The number of benzene rings is 1. The number of thioether (sulfide) groups is 1. The number of hydrogen-bond donors (Lipinski definition) is 0. The minimum atomic E-state index is 0.445. The van der Waals surface area contributed by atoms with E-state index < -0.39 is 0 Å². The van der Waals surface area contributed by atoms with Crippen molar-refractivity contribution in [1.29, 1.82) is 0 Å². The van der Waals surface area contributed by atoms with E-state index in [4.69, 9.17) is 9.15 Å². The molecule has 0 radical (unpaired) electrons. The van der Waals surface area contributed by atoms with E-state index in [1.165, 1.54) is 0 Å². The molecule has 9 heteroatoms. The summed E-state index contributed by atoms with van der Waals surface area (Å²) in [6.45, 7) is 0. The molecule has 1 aromatic carbocycles. The lowest BCUT2D eigenvalue weighted by Gasteiger charge is -2.07. The third-order valence-electron chi connectivity index (χ3n) is 4.62. The van der Waals surface area contributed by atoms with Crippen molar-refractivity contribution in [3.05, 3.63) is 54.7 Å². The minimum absolute atomic E-state index is 0.445. The average molecular weight is 406 g/mol. The normalized spacial score (nSPS) is 13.6. The molecule has 3 aromatic heterocycles. The number of nitrogens with zero attached hydrogens (tertiary/aromatic N) is 6. The van der Waals surface area contributed by atoms with Crippen LogP contribution in [0.25, 0.3) is 22.8 Å². The highest BCUT2D eigenvalue weighted by atomic mass is 32.2. The lowest BCUT2D eigenvalue weighted by molar-refractivity contribution is 0.415. The quantitative estimate of drug-likeness (QED) is 0.425. The third kappa shape index (κ3) is 3.73. The first kappa shape index (κ1) is 17.9. The standard InChI is InChI=1S/C20H18N6O2S/c1-27-16-8-4-13(5-9-16)19-24-22-17(28-19)12-29-20-25-23-18(26(20)15-6-7-15)14-3-2-10-21-11-14/h2-5,8-11,15H,6-7,12H2,1H3. The minimum Gasteiger partial charge on any atom is -0.497 e. The van der Waals surface area contributed by atoms with Gasteiger partial charge in [-0.2, -0.15) is 0 Å². The molecule has 0 N–H and O–H groups in total. The van der Waals surface area contributed by atoms with Crippen LogP contribution in [0.2, 0.25) is 0 Å². The molecule has 8 nitrogen and oxygen atoms in total. The van der Waals surface area contributed by atoms with Crippen LogP contribution in [0.15, 0.2) is 58.4 Å². The Hall–Kier alpha value is -3.20. The van der Waals surface area contributed by atoms with Crippen molar-refractivity contribution in [2.24, 2.45) is 0 Å². The van der Waals surface area contributed by atoms with Crippen molar-refractivity contribution in [3.8, 4) is 28.6 Å². The van der Waals surface area contributed by atoms with Gasteiger partial charge < -0.3 is 9.15 Å². The largest absolute Gasteiger partial charge is 0.497 e. The maximum absolute atomic E-state index is 5.82. The Morgan fingerprint density at radius 2 is 1.93 bits per heavy atom. The molecule has 0 amide bonds. The predicted molar refractivity (Wildman–Crippen MR) is 107 cm³/mol. The lowest BCUT2D eigenvalue weighted by atomic mass is 10.2. The van der Waals surface area contributed by atoms with Gasteiger partial charge >= 0.3 is 0 Å². The maximum atomic E-state index is 5.82. The summed E-state index contributed by atoms with van der Waals surface area (Å²) < 4.78 is 13.2. The molecule has 1 aliphatic carbocycles. The molecule has 0 bridgehead atoms. The van der Waals surface area contributed by atoms with E-state index >= 15 is 0 Å². The number of methoxy groups -OCH3 is 1. The number of ether oxygens (including phenoxy) is 1. The fourth-order valence-electron chi connectivity index (χ4n) is 3.02. The second-order valence-electron chi connectivity index (χ2n) is 6.67. The smallest absolute Gasteiger partial charge is 0.247 e. The first-order valence-corrected chi connectivity index (χ1v) is 10.3. The van der Waals surface area contributed by atoms with Gasteiger partial charge in [0.2, 0.25) is 11.8 Å². The van der Waals surface area contributed by atoms with Gasteiger partial charge in [-0.1, -0.05) is 11.8 Å². The topological polar surface area (TPSA) is 91.8 Å². The van der Waals surface area contributed by atoms with Gasteiger partial charge in [-0.3, -0.25) is 9.55 Å². The van der Waals surface area contributed by atoms with Gasteiger partial charge in [0.25, 0.3) is 0 Å². The first-order valence-electron chi connectivity index (χ1n) is 9.27. The fraction of sp³-hybridized carbons (Fsp3) is 0.250. The SMILES string of the molecule is COc1ccc(-c2nnc(CSc3nnc(-c4cccnc4)n3C3CC3)o2)cc1. The fourth-order valence-corrected chi connectivity index (χ4v) is 3.86. The Balaban J connectivity index is 1.33. The number of hydrogen-bond acceptors (Lipinski definition) is 8. The first-order chi connectivity index (χ1) is 14.3. The van der Waals surface area contributed by atoms with Crippen LogP contribution in [0.4, 0.5) is 0 Å². The van der Waals surface area contributed by atoms with Crippen LogP contribution in [-0.2, 0) is 5.75 Å². The van der Waals surface area contributed by atoms with Gasteiger partial charge in [0, 0.05) is 29.6 Å². The Labute approximate surface area is 171 Å². The highest BCUT2D eigenvalue weighted by Crippen LogP contribution is 2.41. The Morgan fingerprint density at radius 3 is 2.66 bits per heavy atom. The van der Waals surface area contributed by atoms with Crippen LogP contribution in [0.5, 0.6) is 5.75 Å². The molecule has 0 unspecified atom stereocenters. The molecular weight excluding hydrogens is 388 g/mol. The van der Waals surface area contributed by atoms with Crippen molar-refractivity contribution < 1.29 is 9.15 Å². The molecule has 1 fully saturated rings. The van der Waals surface area contributed by atoms with E-state index in [1.54, 1.807) is 25.1 Å². The van der Waals surface area contributed by atoms with E-state index in [0.29, 0.717) is 23.6 Å². The molecule has 1 saturated carbocycles. The van der Waals surface area contributed by atoms with E-state index in [9.17, 15) is 0 Å². The van der Waals surface area contributed by atoms with Crippen LogP contribution in [-0.4, -0.2) is 37.1 Å². The zero-order valence-corrected chi connectivity index (χ0v) is 16.5. The molecule has 5 rings (SSSR count). The highest BCUT2D eigenvalue weighted by Gasteiger charge is 2.30. The van der Waals surface area contributed by atoms with Gasteiger partial charge in [0.05, 0.1) is 12.9 Å². The lowest BCUT2D eigenvalue weighted by Crippen LogP contribution is -2.00. The van der Waals surface area contributed by atoms with Crippen molar-refractivity contribution in [1.82, 2.24) is 29.9 Å². The predicted octanol–water partition coefficient (Wildman–Crippen LogP) is 4.03. The van der Waals surface area contributed by atoms with Crippen molar-refractivity contribution in [2.45, 2.75) is 29.8 Å². The zero-order chi connectivity index (χ0) is 19.6. The number of rotatable bonds is 7. The zero-order valence-electron chi connectivity index (χ0n) is 15.7. The molecule has 0 saturated heterocycles. The number of pyridine rings is 1. The van der Waals surface area contributed by atoms with Crippen molar-refractivity contribution in [3.63, 3.8) is 0 Å². The molecule has 0 aliphatic heterocycles. The second-order valence-corrected chi connectivity index (χ2v) is 7.61. The van der Waals surface area contributed by atoms with Gasteiger partial charge in [-0.25, -0.2) is 0 Å². The van der Waals surface area contributed by atoms with Crippen LogP contribution in [0.1, 0.15) is 24.8 Å². The monoisotopic (exact) mass is 406 g/mol. The summed E-state index contributed by atoms with van der Waals surface area (Å²) in [5, 5.41) is 18.0. The van der Waals surface area contributed by atoms with Crippen LogP contribution >= 0.6 is 11.8 Å². The van der Waals surface area contributed by atoms with Gasteiger partial charge in [0.15, 0.2) is 11.0 Å². The molecule has 0 spiro atoms. The molecule has 146 valence electrons. The second kappa shape index (κ2) is 7.67. The molecule has 29 heavy (non-hydrogen) atoms. The van der Waals surface area contributed by atoms with Crippen LogP contribution in [0, 0.1) is 0 Å². The Morgan fingerprint density at radius 1 is 1.07 bits per heavy atom. The average Bonchev–Trinajstić information content (AvgIpc) is 3.35. The summed E-state index contributed by atoms with van der Waals surface area (Å²) in [5.74, 6) is 3.21. The highest BCUT2D eigenvalue weighted by molar-refractivity contribution is 7.98. The summed E-state index contributed by atoms with van der Waals surface area (Å²) in [5.41, 5.74) is 1.83. The molecule has 1 aliphatic rings. The summed E-state index contributed by atoms with van der Waals surface area (Å²) in [7, 11) is 1.64. The Kier molecular flexibility index (Phi) is 4.73. The summed E-state index contributed by atoms with van der Waals surface area (Å²) >= 11 is 1.55. The van der Waals surface area contributed by atoms with Crippen molar-refractivity contribution >= 4 is 11.8 Å². The summed E-state index contributed by atoms with van der Waals surface area (Å²) in [4.78, 5) is 4.20.